The summed E-state index contributed by atoms with van der Waals surface area (Å²) >= 11 is 0. The molecule has 1 atom stereocenters. The molecule has 0 aliphatic carbocycles. The van der Waals surface area contributed by atoms with Crippen molar-refractivity contribution in [3.05, 3.63) is 101 Å². The molecule has 1 N–H and O–H groups in total. The van der Waals surface area contributed by atoms with E-state index in [-0.39, 0.29) is 24.5 Å². The lowest BCUT2D eigenvalue weighted by atomic mass is 10.1. The van der Waals surface area contributed by atoms with E-state index in [4.69, 9.17) is 4.74 Å². The molecule has 2 amide bonds. The minimum atomic E-state index is -0.153. The first-order valence-corrected chi connectivity index (χ1v) is 10.0. The van der Waals surface area contributed by atoms with Crippen LogP contribution in [0.2, 0.25) is 0 Å². The number of fused-ring (bicyclic) bond motifs is 1. The van der Waals surface area contributed by atoms with Crippen LogP contribution in [-0.2, 0) is 17.9 Å². The highest BCUT2D eigenvalue weighted by molar-refractivity contribution is 5.95. The fourth-order valence-corrected chi connectivity index (χ4v) is 3.56. The Balaban J connectivity index is 1.51. The maximum absolute atomic E-state index is 12.8. The molecule has 0 unspecified atom stereocenters. The molecule has 4 rings (SSSR count). The molecule has 3 aromatic rings. The van der Waals surface area contributed by atoms with Crippen molar-refractivity contribution in [2.24, 2.45) is 0 Å². The molecule has 0 aromatic heterocycles. The molecule has 0 saturated carbocycles. The van der Waals surface area contributed by atoms with Crippen LogP contribution in [0.15, 0.2) is 78.9 Å². The van der Waals surface area contributed by atoms with Gasteiger partial charge in [-0.3, -0.25) is 9.59 Å². The first kappa shape index (κ1) is 19.7. The number of hydrogen-bond acceptors (Lipinski definition) is 3. The Kier molecular flexibility index (Phi) is 5.80. The van der Waals surface area contributed by atoms with Gasteiger partial charge in [0.15, 0.2) is 6.61 Å². The first-order chi connectivity index (χ1) is 14.6. The second kappa shape index (κ2) is 8.82. The Morgan fingerprint density at radius 2 is 1.73 bits per heavy atom. The van der Waals surface area contributed by atoms with Crippen LogP contribution in [0.4, 0.5) is 0 Å². The summed E-state index contributed by atoms with van der Waals surface area (Å²) in [5.41, 5.74) is 3.48. The van der Waals surface area contributed by atoms with Crippen molar-refractivity contribution in [3.63, 3.8) is 0 Å². The summed E-state index contributed by atoms with van der Waals surface area (Å²) in [4.78, 5) is 27.1. The minimum Gasteiger partial charge on any atom is -0.483 e. The molecule has 0 saturated heterocycles. The van der Waals surface area contributed by atoms with Gasteiger partial charge >= 0.3 is 0 Å². The van der Waals surface area contributed by atoms with E-state index < -0.39 is 0 Å². The van der Waals surface area contributed by atoms with Crippen LogP contribution in [0.5, 0.6) is 5.75 Å². The molecule has 30 heavy (non-hydrogen) atoms. The van der Waals surface area contributed by atoms with Crippen molar-refractivity contribution in [2.75, 3.05) is 6.61 Å². The van der Waals surface area contributed by atoms with Crippen LogP contribution >= 0.6 is 0 Å². The number of amides is 2. The van der Waals surface area contributed by atoms with Crippen molar-refractivity contribution in [1.82, 2.24) is 10.2 Å². The van der Waals surface area contributed by atoms with Gasteiger partial charge in [-0.1, -0.05) is 60.7 Å². The molecule has 3 aromatic carbocycles. The molecule has 1 aliphatic heterocycles. The summed E-state index contributed by atoms with van der Waals surface area (Å²) in [5.74, 6) is 0.421. The number of benzene rings is 3. The maximum atomic E-state index is 12.8. The van der Waals surface area contributed by atoms with Crippen molar-refractivity contribution in [1.29, 1.82) is 0 Å². The molecule has 5 heteroatoms. The van der Waals surface area contributed by atoms with Gasteiger partial charge in [0.1, 0.15) is 5.75 Å². The van der Waals surface area contributed by atoms with Gasteiger partial charge in [-0.15, -0.1) is 0 Å². The summed E-state index contributed by atoms with van der Waals surface area (Å²) in [5, 5.41) is 3.03. The zero-order valence-electron chi connectivity index (χ0n) is 16.9. The predicted molar refractivity (Wildman–Crippen MR) is 115 cm³/mol. The molecule has 1 aliphatic rings. The van der Waals surface area contributed by atoms with Gasteiger partial charge in [0.25, 0.3) is 11.8 Å². The van der Waals surface area contributed by atoms with E-state index >= 15 is 0 Å². The van der Waals surface area contributed by atoms with Crippen molar-refractivity contribution in [3.8, 4) is 5.75 Å². The summed E-state index contributed by atoms with van der Waals surface area (Å²) < 4.78 is 5.69. The Morgan fingerprint density at radius 3 is 2.47 bits per heavy atom. The van der Waals surface area contributed by atoms with Gasteiger partial charge in [-0.25, -0.2) is 0 Å². The van der Waals surface area contributed by atoms with Crippen LogP contribution in [-0.4, -0.2) is 23.3 Å². The summed E-state index contributed by atoms with van der Waals surface area (Å²) in [6.07, 6.45) is 0. The highest BCUT2D eigenvalue weighted by Gasteiger charge is 2.23. The fourth-order valence-electron chi connectivity index (χ4n) is 3.56. The third kappa shape index (κ3) is 4.51. The second-order valence-electron chi connectivity index (χ2n) is 7.45. The van der Waals surface area contributed by atoms with Crippen molar-refractivity contribution < 1.29 is 14.3 Å². The lowest BCUT2D eigenvalue weighted by molar-refractivity contribution is -0.133. The zero-order chi connectivity index (χ0) is 20.9. The number of rotatable bonds is 5. The normalized spacial score (nSPS) is 14.3. The third-order valence-electron chi connectivity index (χ3n) is 5.25. The summed E-state index contributed by atoms with van der Waals surface area (Å²) in [6.45, 7) is 2.86. The van der Waals surface area contributed by atoms with Crippen LogP contribution < -0.4 is 10.1 Å². The van der Waals surface area contributed by atoms with E-state index in [0.29, 0.717) is 24.4 Å². The van der Waals surface area contributed by atoms with E-state index in [1.165, 1.54) is 0 Å². The highest BCUT2D eigenvalue weighted by atomic mass is 16.5. The molecule has 1 heterocycles. The number of hydrogen-bond donors (Lipinski definition) is 1. The largest absolute Gasteiger partial charge is 0.483 e. The monoisotopic (exact) mass is 400 g/mol. The quantitative estimate of drug-likeness (QED) is 0.702. The van der Waals surface area contributed by atoms with E-state index in [2.05, 4.69) is 5.32 Å². The minimum absolute atomic E-state index is 0.00355. The van der Waals surface area contributed by atoms with Gasteiger partial charge in [0.2, 0.25) is 0 Å². The van der Waals surface area contributed by atoms with Crippen LogP contribution in [0, 0.1) is 0 Å². The average Bonchev–Trinajstić information content (AvgIpc) is 2.93. The SMILES string of the molecule is C[C@H](NC(=O)c1ccc2c(c1)CN(Cc1ccccc1)C(=O)CO2)c1ccccc1. The van der Waals surface area contributed by atoms with Gasteiger partial charge in [-0.2, -0.15) is 0 Å². The van der Waals surface area contributed by atoms with Gasteiger partial charge < -0.3 is 15.0 Å². The van der Waals surface area contributed by atoms with Gasteiger partial charge in [0.05, 0.1) is 6.04 Å². The molecular formula is C25H24N2O3. The number of carbonyl (C=O) groups excluding carboxylic acids is 2. The van der Waals surface area contributed by atoms with Gasteiger partial charge in [-0.05, 0) is 36.2 Å². The van der Waals surface area contributed by atoms with E-state index in [0.717, 1.165) is 16.7 Å². The van der Waals surface area contributed by atoms with Crippen LogP contribution in [0.25, 0.3) is 0 Å². The molecule has 152 valence electrons. The molecule has 0 fully saturated rings. The van der Waals surface area contributed by atoms with Crippen molar-refractivity contribution >= 4 is 11.8 Å². The molecule has 5 nitrogen and oxygen atoms in total. The Morgan fingerprint density at radius 1 is 1.03 bits per heavy atom. The zero-order valence-corrected chi connectivity index (χ0v) is 16.9. The van der Waals surface area contributed by atoms with Gasteiger partial charge in [0, 0.05) is 24.2 Å². The standard InChI is InChI=1S/C25H24N2O3/c1-18(20-10-6-3-7-11-20)26-25(29)21-12-13-23-22(14-21)16-27(24(28)17-30-23)15-19-8-4-2-5-9-19/h2-14,18H,15-17H2,1H3,(H,26,29)/t18-/m0/s1. The van der Waals surface area contributed by atoms with Crippen LogP contribution in [0.3, 0.4) is 0 Å². The van der Waals surface area contributed by atoms with Crippen molar-refractivity contribution in [2.45, 2.75) is 26.1 Å². The van der Waals surface area contributed by atoms with E-state index in [9.17, 15) is 9.59 Å². The van der Waals surface area contributed by atoms with E-state index in [1.807, 2.05) is 73.7 Å². The Bertz CT molecular complexity index is 1030. The smallest absolute Gasteiger partial charge is 0.261 e. The number of nitrogens with one attached hydrogen (secondary N) is 1. The lowest BCUT2D eigenvalue weighted by Crippen LogP contribution is -2.31. The Labute approximate surface area is 176 Å². The summed E-state index contributed by atoms with van der Waals surface area (Å²) in [6, 6.07) is 24.9. The average molecular weight is 400 g/mol. The first-order valence-electron chi connectivity index (χ1n) is 10.0. The van der Waals surface area contributed by atoms with E-state index in [1.54, 1.807) is 17.0 Å². The number of ether oxygens (including phenoxy) is 1. The second-order valence-corrected chi connectivity index (χ2v) is 7.45. The number of carbonyl (C=O) groups is 2. The summed E-state index contributed by atoms with van der Waals surface area (Å²) in [7, 11) is 0. The predicted octanol–water partition coefficient (Wildman–Crippen LogP) is 4.10. The fraction of sp³-hybridized carbons (Fsp3) is 0.200. The topological polar surface area (TPSA) is 58.6 Å². The maximum Gasteiger partial charge on any atom is 0.261 e. The molecule has 0 bridgehead atoms. The third-order valence-corrected chi connectivity index (χ3v) is 5.25. The highest BCUT2D eigenvalue weighted by Crippen LogP contribution is 2.26. The number of nitrogens with zero attached hydrogens (tertiary/aromatic N) is 1. The Hall–Kier alpha value is -3.60. The van der Waals surface area contributed by atoms with Crippen LogP contribution in [0.1, 0.15) is 40.0 Å². The molecular weight excluding hydrogens is 376 g/mol. The molecule has 0 spiro atoms. The lowest BCUT2D eigenvalue weighted by Gasteiger charge is -2.20. The molecule has 0 radical (unpaired) electrons.